The lowest BCUT2D eigenvalue weighted by molar-refractivity contribution is 0.189. The largest absolute Gasteiger partial charge is 0.492 e. The topological polar surface area (TPSA) is 38.5 Å². The fraction of sp³-hybridized carbons (Fsp3) is 0.625. The molecule has 2 rings (SSSR count). The maximum Gasteiger partial charge on any atom is 0.123 e. The number of nitrogens with zero attached hydrogens (tertiary/aromatic N) is 1. The number of ether oxygens (including phenoxy) is 1. The second kappa shape index (κ2) is 6.92. The van der Waals surface area contributed by atoms with E-state index in [0.717, 1.165) is 38.5 Å². The van der Waals surface area contributed by atoms with Gasteiger partial charge in [0.2, 0.25) is 0 Å². The van der Waals surface area contributed by atoms with E-state index in [2.05, 4.69) is 36.9 Å². The summed E-state index contributed by atoms with van der Waals surface area (Å²) in [5.41, 5.74) is 7.21. The molecule has 0 fully saturated rings. The van der Waals surface area contributed by atoms with Crippen LogP contribution in [0.15, 0.2) is 24.3 Å². The molecule has 0 aliphatic carbocycles. The van der Waals surface area contributed by atoms with Gasteiger partial charge in [-0.2, -0.15) is 0 Å². The number of nitrogens with two attached hydrogens (primary N) is 1. The molecule has 0 aromatic heterocycles. The highest BCUT2D eigenvalue weighted by atomic mass is 16.5. The molecule has 1 atom stereocenters. The fourth-order valence-electron chi connectivity index (χ4n) is 2.81. The molecular weight excluding hydrogens is 236 g/mol. The van der Waals surface area contributed by atoms with Crippen LogP contribution in [-0.2, 0) is 6.54 Å². The number of rotatable bonds is 5. The molecule has 0 spiro atoms. The average molecular weight is 262 g/mol. The highest BCUT2D eigenvalue weighted by Gasteiger charge is 2.18. The highest BCUT2D eigenvalue weighted by Crippen LogP contribution is 2.23. The molecule has 19 heavy (non-hydrogen) atoms. The molecular formula is C16H26N2O. The number of fused-ring (bicyclic) bond motifs is 1. The van der Waals surface area contributed by atoms with E-state index in [4.69, 9.17) is 10.5 Å². The second-order valence-electron chi connectivity index (χ2n) is 5.92. The van der Waals surface area contributed by atoms with Crippen molar-refractivity contribution in [3.05, 3.63) is 29.8 Å². The minimum Gasteiger partial charge on any atom is -0.492 e. The first kappa shape index (κ1) is 14.4. The molecule has 2 N–H and O–H groups in total. The normalized spacial score (nSPS) is 17.7. The zero-order chi connectivity index (χ0) is 13.7. The van der Waals surface area contributed by atoms with Crippen LogP contribution >= 0.6 is 0 Å². The highest BCUT2D eigenvalue weighted by molar-refractivity contribution is 5.33. The van der Waals surface area contributed by atoms with E-state index in [-0.39, 0.29) is 0 Å². The van der Waals surface area contributed by atoms with Crippen molar-refractivity contribution in [1.29, 1.82) is 0 Å². The summed E-state index contributed by atoms with van der Waals surface area (Å²) >= 11 is 0. The van der Waals surface area contributed by atoms with E-state index in [1.807, 2.05) is 6.07 Å². The Morgan fingerprint density at radius 3 is 2.84 bits per heavy atom. The van der Waals surface area contributed by atoms with Crippen molar-refractivity contribution in [3.8, 4) is 5.75 Å². The summed E-state index contributed by atoms with van der Waals surface area (Å²) in [4.78, 5) is 2.48. The molecule has 1 aliphatic heterocycles. The van der Waals surface area contributed by atoms with Gasteiger partial charge in [0, 0.05) is 25.2 Å². The maximum atomic E-state index is 5.91. The van der Waals surface area contributed by atoms with Crippen LogP contribution in [0.3, 0.4) is 0 Å². The summed E-state index contributed by atoms with van der Waals surface area (Å²) in [6, 6.07) is 8.34. The monoisotopic (exact) mass is 262 g/mol. The Bertz CT molecular complexity index is 392. The Morgan fingerprint density at radius 1 is 1.32 bits per heavy atom. The van der Waals surface area contributed by atoms with E-state index in [0.29, 0.717) is 11.8 Å². The van der Waals surface area contributed by atoms with Gasteiger partial charge >= 0.3 is 0 Å². The van der Waals surface area contributed by atoms with Gasteiger partial charge < -0.3 is 10.5 Å². The number of para-hydroxylation sites is 1. The van der Waals surface area contributed by atoms with Crippen LogP contribution in [0.2, 0.25) is 0 Å². The summed E-state index contributed by atoms with van der Waals surface area (Å²) in [5.74, 6) is 2.34. The molecule has 3 nitrogen and oxygen atoms in total. The molecule has 106 valence electrons. The summed E-state index contributed by atoms with van der Waals surface area (Å²) < 4.78 is 5.80. The molecule has 0 amide bonds. The van der Waals surface area contributed by atoms with Gasteiger partial charge in [0.05, 0.1) is 0 Å². The molecule has 3 heteroatoms. The van der Waals surface area contributed by atoms with Gasteiger partial charge in [0.25, 0.3) is 0 Å². The van der Waals surface area contributed by atoms with Crippen LogP contribution in [0.25, 0.3) is 0 Å². The van der Waals surface area contributed by atoms with Gasteiger partial charge in [-0.1, -0.05) is 32.0 Å². The van der Waals surface area contributed by atoms with Gasteiger partial charge in [-0.05, 0) is 30.9 Å². The Balaban J connectivity index is 1.98. The fourth-order valence-corrected chi connectivity index (χ4v) is 2.81. The maximum absolute atomic E-state index is 5.91. The SMILES string of the molecule is CC(C)CC(CN)CN1CCOc2ccccc2C1. The van der Waals surface area contributed by atoms with E-state index >= 15 is 0 Å². The van der Waals surface area contributed by atoms with Crippen molar-refractivity contribution >= 4 is 0 Å². The predicted molar refractivity (Wildman–Crippen MR) is 79.2 cm³/mol. The van der Waals surface area contributed by atoms with Gasteiger partial charge in [-0.3, -0.25) is 4.90 Å². The predicted octanol–water partition coefficient (Wildman–Crippen LogP) is 2.50. The minimum atomic E-state index is 0.588. The van der Waals surface area contributed by atoms with Crippen molar-refractivity contribution < 1.29 is 4.74 Å². The van der Waals surface area contributed by atoms with E-state index in [1.165, 1.54) is 12.0 Å². The van der Waals surface area contributed by atoms with Crippen molar-refractivity contribution in [2.24, 2.45) is 17.6 Å². The third kappa shape index (κ3) is 4.22. The lowest BCUT2D eigenvalue weighted by Gasteiger charge is -2.26. The Labute approximate surface area is 116 Å². The average Bonchev–Trinajstić information content (AvgIpc) is 2.59. The number of benzene rings is 1. The molecule has 1 aliphatic rings. The van der Waals surface area contributed by atoms with Crippen LogP contribution < -0.4 is 10.5 Å². The van der Waals surface area contributed by atoms with Crippen LogP contribution in [0, 0.1) is 11.8 Å². The molecule has 1 heterocycles. The lowest BCUT2D eigenvalue weighted by atomic mass is 9.96. The van der Waals surface area contributed by atoms with E-state index in [1.54, 1.807) is 0 Å². The number of hydrogen-bond acceptors (Lipinski definition) is 3. The summed E-state index contributed by atoms with van der Waals surface area (Å²) in [6.45, 7) is 9.13. The molecule has 1 aromatic rings. The minimum absolute atomic E-state index is 0.588. The summed E-state index contributed by atoms with van der Waals surface area (Å²) in [6.07, 6.45) is 1.20. The van der Waals surface area contributed by atoms with Crippen LogP contribution in [0.4, 0.5) is 0 Å². The first-order valence-electron chi connectivity index (χ1n) is 7.32. The Kier molecular flexibility index (Phi) is 5.23. The first-order chi connectivity index (χ1) is 9.19. The molecule has 0 radical (unpaired) electrons. The second-order valence-corrected chi connectivity index (χ2v) is 5.92. The molecule has 0 saturated carbocycles. The summed E-state index contributed by atoms with van der Waals surface area (Å²) in [5, 5.41) is 0. The van der Waals surface area contributed by atoms with Gasteiger partial charge in [0.15, 0.2) is 0 Å². The number of hydrogen-bond donors (Lipinski definition) is 1. The molecule has 1 aromatic carbocycles. The third-order valence-electron chi connectivity index (χ3n) is 3.69. The van der Waals surface area contributed by atoms with Crippen molar-refractivity contribution in [3.63, 3.8) is 0 Å². The lowest BCUT2D eigenvalue weighted by Crippen LogP contribution is -2.34. The van der Waals surface area contributed by atoms with Gasteiger partial charge in [-0.15, -0.1) is 0 Å². The molecule has 1 unspecified atom stereocenters. The molecule has 0 saturated heterocycles. The zero-order valence-corrected chi connectivity index (χ0v) is 12.1. The van der Waals surface area contributed by atoms with E-state index < -0.39 is 0 Å². The van der Waals surface area contributed by atoms with Gasteiger partial charge in [0.1, 0.15) is 12.4 Å². The first-order valence-corrected chi connectivity index (χ1v) is 7.32. The van der Waals surface area contributed by atoms with Crippen molar-refractivity contribution in [1.82, 2.24) is 4.90 Å². The molecule has 0 bridgehead atoms. The van der Waals surface area contributed by atoms with Crippen molar-refractivity contribution in [2.75, 3.05) is 26.2 Å². The Hall–Kier alpha value is -1.06. The van der Waals surface area contributed by atoms with Crippen LogP contribution in [0.5, 0.6) is 5.75 Å². The third-order valence-corrected chi connectivity index (χ3v) is 3.69. The smallest absolute Gasteiger partial charge is 0.123 e. The van der Waals surface area contributed by atoms with Crippen molar-refractivity contribution in [2.45, 2.75) is 26.8 Å². The van der Waals surface area contributed by atoms with Crippen LogP contribution in [0.1, 0.15) is 25.8 Å². The van der Waals surface area contributed by atoms with Gasteiger partial charge in [-0.25, -0.2) is 0 Å². The van der Waals surface area contributed by atoms with Crippen LogP contribution in [-0.4, -0.2) is 31.1 Å². The van der Waals surface area contributed by atoms with E-state index in [9.17, 15) is 0 Å². The Morgan fingerprint density at radius 2 is 2.11 bits per heavy atom. The summed E-state index contributed by atoms with van der Waals surface area (Å²) in [7, 11) is 0. The standard InChI is InChI=1S/C16H26N2O/c1-13(2)9-14(10-17)11-18-7-8-19-16-6-4-3-5-15(16)12-18/h3-6,13-14H,7-12,17H2,1-2H3. The zero-order valence-electron chi connectivity index (χ0n) is 12.1. The quantitative estimate of drug-likeness (QED) is 0.886.